The van der Waals surface area contributed by atoms with Gasteiger partial charge in [-0.25, -0.2) is 0 Å². The second kappa shape index (κ2) is 5.30. The number of anilines is 1. The van der Waals surface area contributed by atoms with Gasteiger partial charge in [-0.1, -0.05) is 12.1 Å². The number of rotatable bonds is 2. The van der Waals surface area contributed by atoms with E-state index in [9.17, 15) is 9.59 Å². The van der Waals surface area contributed by atoms with Gasteiger partial charge in [0.2, 0.25) is 5.56 Å². The quantitative estimate of drug-likeness (QED) is 0.768. The minimum atomic E-state index is -0.218. The summed E-state index contributed by atoms with van der Waals surface area (Å²) in [6.45, 7) is 1.75. The molecular weight excluding hydrogens is 254 g/mol. The summed E-state index contributed by atoms with van der Waals surface area (Å²) < 4.78 is 0. The van der Waals surface area contributed by atoms with Crippen LogP contribution in [0.4, 0.5) is 5.69 Å². The van der Waals surface area contributed by atoms with E-state index >= 15 is 0 Å². The number of amides is 1. The number of hydrogen-bond acceptors (Lipinski definition) is 3. The molecule has 3 rings (SSSR count). The molecule has 0 spiro atoms. The summed E-state index contributed by atoms with van der Waals surface area (Å²) in [5.74, 6) is -0.215. The van der Waals surface area contributed by atoms with Gasteiger partial charge in [0, 0.05) is 24.5 Å². The van der Waals surface area contributed by atoms with Gasteiger partial charge in [-0.05, 0) is 36.2 Å². The summed E-state index contributed by atoms with van der Waals surface area (Å²) >= 11 is 0. The molecule has 1 aromatic heterocycles. The third-order valence-electron chi connectivity index (χ3n) is 3.43. The topological polar surface area (TPSA) is 74.0 Å². The molecule has 1 aliphatic rings. The van der Waals surface area contributed by atoms with Crippen molar-refractivity contribution in [3.8, 4) is 0 Å². The van der Waals surface area contributed by atoms with E-state index in [0.29, 0.717) is 5.56 Å². The molecule has 0 aliphatic carbocycles. The second-order valence-corrected chi connectivity index (χ2v) is 4.77. The molecule has 0 unspecified atom stereocenters. The number of benzene rings is 1. The number of aromatic amines is 1. The Labute approximate surface area is 116 Å². The Bertz CT molecular complexity index is 686. The Morgan fingerprint density at radius 1 is 1.20 bits per heavy atom. The Hall–Kier alpha value is -2.40. The lowest BCUT2D eigenvalue weighted by Crippen LogP contribution is -2.25. The molecule has 0 fully saturated rings. The van der Waals surface area contributed by atoms with Crippen LogP contribution in [0.2, 0.25) is 0 Å². The summed E-state index contributed by atoms with van der Waals surface area (Å²) in [5, 5.41) is 6.22. The molecule has 3 N–H and O–H groups in total. The molecular formula is C15H15N3O2. The van der Waals surface area contributed by atoms with Crippen molar-refractivity contribution in [1.29, 1.82) is 0 Å². The van der Waals surface area contributed by atoms with Gasteiger partial charge in [-0.2, -0.15) is 0 Å². The maximum absolute atomic E-state index is 12.2. The minimum Gasteiger partial charge on any atom is -0.328 e. The predicted molar refractivity (Wildman–Crippen MR) is 76.9 cm³/mol. The van der Waals surface area contributed by atoms with Crippen molar-refractivity contribution in [2.45, 2.75) is 13.0 Å². The zero-order valence-corrected chi connectivity index (χ0v) is 10.9. The third kappa shape index (κ3) is 2.48. The normalized spacial score (nSPS) is 13.6. The van der Waals surface area contributed by atoms with E-state index in [1.807, 2.05) is 12.1 Å². The highest BCUT2D eigenvalue weighted by molar-refractivity contribution is 6.04. The van der Waals surface area contributed by atoms with Crippen molar-refractivity contribution in [3.63, 3.8) is 0 Å². The highest BCUT2D eigenvalue weighted by Crippen LogP contribution is 2.23. The minimum absolute atomic E-state index is 0.215. The summed E-state index contributed by atoms with van der Waals surface area (Å²) in [4.78, 5) is 25.7. The van der Waals surface area contributed by atoms with Gasteiger partial charge in [-0.15, -0.1) is 0 Å². The first-order valence-electron chi connectivity index (χ1n) is 6.55. The van der Waals surface area contributed by atoms with E-state index in [0.717, 1.165) is 25.2 Å². The number of carbonyl (C=O) groups excluding carboxylic acids is 1. The van der Waals surface area contributed by atoms with E-state index in [1.54, 1.807) is 0 Å². The molecule has 2 aromatic rings. The predicted octanol–water partition coefficient (Wildman–Crippen LogP) is 1.27. The van der Waals surface area contributed by atoms with Crippen LogP contribution in [0, 0.1) is 0 Å². The molecule has 1 amide bonds. The SMILES string of the molecule is O=C(Nc1cccc2c1CCNC2)c1ccc(=O)[nH]c1. The fourth-order valence-corrected chi connectivity index (χ4v) is 2.40. The number of fused-ring (bicyclic) bond motifs is 1. The molecule has 0 radical (unpaired) electrons. The van der Waals surface area contributed by atoms with Crippen LogP contribution in [-0.4, -0.2) is 17.4 Å². The standard InChI is InChI=1S/C15H15N3O2/c19-14-5-4-11(9-17-14)15(20)18-13-3-1-2-10-8-16-7-6-12(10)13/h1-5,9,16H,6-8H2,(H,17,19)(H,18,20). The first kappa shape index (κ1) is 12.6. The van der Waals surface area contributed by atoms with Crippen LogP contribution >= 0.6 is 0 Å². The van der Waals surface area contributed by atoms with Crippen LogP contribution < -0.4 is 16.2 Å². The smallest absolute Gasteiger partial charge is 0.257 e. The number of hydrogen-bond donors (Lipinski definition) is 3. The average molecular weight is 269 g/mol. The Balaban J connectivity index is 1.86. The van der Waals surface area contributed by atoms with Crippen molar-refractivity contribution in [1.82, 2.24) is 10.3 Å². The molecule has 0 saturated carbocycles. The molecule has 0 bridgehead atoms. The fourth-order valence-electron chi connectivity index (χ4n) is 2.40. The monoisotopic (exact) mass is 269 g/mol. The summed E-state index contributed by atoms with van der Waals surface area (Å²) in [6, 6.07) is 8.78. The molecule has 1 aliphatic heterocycles. The summed E-state index contributed by atoms with van der Waals surface area (Å²) in [5.41, 5.74) is 3.47. The lowest BCUT2D eigenvalue weighted by molar-refractivity contribution is 0.102. The maximum Gasteiger partial charge on any atom is 0.257 e. The highest BCUT2D eigenvalue weighted by Gasteiger charge is 2.14. The van der Waals surface area contributed by atoms with Gasteiger partial charge in [0.25, 0.3) is 5.91 Å². The van der Waals surface area contributed by atoms with E-state index in [1.165, 1.54) is 29.5 Å². The Morgan fingerprint density at radius 3 is 2.90 bits per heavy atom. The van der Waals surface area contributed by atoms with Crippen molar-refractivity contribution >= 4 is 11.6 Å². The molecule has 2 heterocycles. The van der Waals surface area contributed by atoms with Crippen molar-refractivity contribution in [3.05, 3.63) is 63.6 Å². The third-order valence-corrected chi connectivity index (χ3v) is 3.43. The molecule has 1 aromatic carbocycles. The van der Waals surface area contributed by atoms with Gasteiger partial charge in [0.05, 0.1) is 5.56 Å². The van der Waals surface area contributed by atoms with Crippen molar-refractivity contribution in [2.24, 2.45) is 0 Å². The van der Waals surface area contributed by atoms with Crippen LogP contribution in [-0.2, 0) is 13.0 Å². The number of nitrogens with one attached hydrogen (secondary N) is 3. The largest absolute Gasteiger partial charge is 0.328 e. The number of aromatic nitrogens is 1. The summed E-state index contributed by atoms with van der Waals surface area (Å²) in [7, 11) is 0. The van der Waals surface area contributed by atoms with E-state index in [2.05, 4.69) is 21.7 Å². The van der Waals surface area contributed by atoms with E-state index in [4.69, 9.17) is 0 Å². The number of carbonyl (C=O) groups is 1. The Morgan fingerprint density at radius 2 is 2.10 bits per heavy atom. The molecule has 0 saturated heterocycles. The van der Waals surface area contributed by atoms with Gasteiger partial charge in [0.15, 0.2) is 0 Å². The van der Waals surface area contributed by atoms with E-state index in [-0.39, 0.29) is 11.5 Å². The molecule has 20 heavy (non-hydrogen) atoms. The number of H-pyrrole nitrogens is 1. The molecule has 0 atom stereocenters. The van der Waals surface area contributed by atoms with Crippen molar-refractivity contribution in [2.75, 3.05) is 11.9 Å². The van der Waals surface area contributed by atoms with Crippen LogP contribution in [0.25, 0.3) is 0 Å². The fraction of sp³-hybridized carbons (Fsp3) is 0.200. The second-order valence-electron chi connectivity index (χ2n) is 4.77. The number of pyridine rings is 1. The zero-order chi connectivity index (χ0) is 13.9. The zero-order valence-electron chi connectivity index (χ0n) is 10.9. The van der Waals surface area contributed by atoms with Gasteiger partial charge >= 0.3 is 0 Å². The molecule has 5 nitrogen and oxygen atoms in total. The average Bonchev–Trinajstić information content (AvgIpc) is 2.48. The highest BCUT2D eigenvalue weighted by atomic mass is 16.1. The van der Waals surface area contributed by atoms with Gasteiger partial charge in [0.1, 0.15) is 0 Å². The van der Waals surface area contributed by atoms with Crippen molar-refractivity contribution < 1.29 is 4.79 Å². The first-order valence-corrected chi connectivity index (χ1v) is 6.55. The van der Waals surface area contributed by atoms with Gasteiger partial charge < -0.3 is 15.6 Å². The Kier molecular flexibility index (Phi) is 3.35. The molecule has 5 heteroatoms. The van der Waals surface area contributed by atoms with Crippen LogP contribution in [0.15, 0.2) is 41.3 Å². The van der Waals surface area contributed by atoms with Crippen LogP contribution in [0.1, 0.15) is 21.5 Å². The maximum atomic E-state index is 12.2. The lowest BCUT2D eigenvalue weighted by atomic mass is 9.99. The van der Waals surface area contributed by atoms with Gasteiger partial charge in [-0.3, -0.25) is 9.59 Å². The van der Waals surface area contributed by atoms with E-state index < -0.39 is 0 Å². The molecule has 102 valence electrons. The van der Waals surface area contributed by atoms with Crippen LogP contribution in [0.3, 0.4) is 0 Å². The lowest BCUT2D eigenvalue weighted by Gasteiger charge is -2.20. The first-order chi connectivity index (χ1) is 9.74. The summed E-state index contributed by atoms with van der Waals surface area (Å²) in [6.07, 6.45) is 2.33. The van der Waals surface area contributed by atoms with Crippen LogP contribution in [0.5, 0.6) is 0 Å².